The van der Waals surface area contributed by atoms with Gasteiger partial charge in [-0.2, -0.15) is 0 Å². The van der Waals surface area contributed by atoms with Crippen LogP contribution in [-0.2, 0) is 27.5 Å². The normalized spacial score (nSPS) is 16.6. The SMILES string of the molecule is Cc1cn(COC(COCc2ccccc2)COCC2C=CC=CC2)c(=O)[nH]c1=O. The second-order valence-electron chi connectivity index (χ2n) is 7.31. The number of hydrogen-bond acceptors (Lipinski definition) is 5. The molecule has 30 heavy (non-hydrogen) atoms. The van der Waals surface area contributed by atoms with Crippen LogP contribution < -0.4 is 11.2 Å². The molecule has 0 fully saturated rings. The molecule has 2 atom stereocenters. The van der Waals surface area contributed by atoms with Gasteiger partial charge in [-0.15, -0.1) is 0 Å². The van der Waals surface area contributed by atoms with Crippen molar-refractivity contribution in [1.82, 2.24) is 9.55 Å². The Hall–Kier alpha value is -2.74. The number of H-pyrrole nitrogens is 1. The largest absolute Gasteiger partial charge is 0.378 e. The average Bonchev–Trinajstić information content (AvgIpc) is 2.76. The zero-order valence-electron chi connectivity index (χ0n) is 17.2. The molecule has 1 aliphatic rings. The third kappa shape index (κ3) is 6.95. The first-order valence-corrected chi connectivity index (χ1v) is 10.1. The van der Waals surface area contributed by atoms with Gasteiger partial charge in [0.15, 0.2) is 0 Å². The van der Waals surface area contributed by atoms with Crippen LogP contribution in [0.25, 0.3) is 0 Å². The fraction of sp³-hybridized carbons (Fsp3) is 0.391. The molecule has 0 bridgehead atoms. The molecule has 7 heteroatoms. The molecule has 0 aliphatic heterocycles. The summed E-state index contributed by atoms with van der Waals surface area (Å²) >= 11 is 0. The van der Waals surface area contributed by atoms with Gasteiger partial charge >= 0.3 is 5.69 Å². The lowest BCUT2D eigenvalue weighted by molar-refractivity contribution is -0.0878. The van der Waals surface area contributed by atoms with Gasteiger partial charge in [0, 0.05) is 17.7 Å². The summed E-state index contributed by atoms with van der Waals surface area (Å²) in [6.07, 6.45) is 10.4. The Balaban J connectivity index is 1.54. The number of nitrogens with zero attached hydrogens (tertiary/aromatic N) is 1. The maximum atomic E-state index is 12.0. The van der Waals surface area contributed by atoms with Crippen LogP contribution in [0.5, 0.6) is 0 Å². The standard InChI is InChI=1S/C23H28N2O5/c1-18-12-25(23(27)24-22(18)26)17-30-21(15-28-13-19-8-4-2-5-9-19)16-29-14-20-10-6-3-7-11-20/h2-10,12,20-21H,11,13-17H2,1H3,(H,24,26,27). The van der Waals surface area contributed by atoms with Crippen molar-refractivity contribution >= 4 is 0 Å². The molecule has 3 rings (SSSR count). The molecule has 0 saturated heterocycles. The van der Waals surface area contributed by atoms with E-state index in [0.29, 0.717) is 37.9 Å². The van der Waals surface area contributed by atoms with Crippen LogP contribution in [0.15, 0.2) is 70.4 Å². The topological polar surface area (TPSA) is 82.6 Å². The molecule has 2 unspecified atom stereocenters. The third-order valence-electron chi connectivity index (χ3n) is 4.76. The van der Waals surface area contributed by atoms with Crippen LogP contribution in [0.1, 0.15) is 17.5 Å². The fourth-order valence-corrected chi connectivity index (χ4v) is 3.03. The highest BCUT2D eigenvalue weighted by Crippen LogP contribution is 2.12. The predicted octanol–water partition coefficient (Wildman–Crippen LogP) is 2.55. The second-order valence-corrected chi connectivity index (χ2v) is 7.31. The highest BCUT2D eigenvalue weighted by molar-refractivity contribution is 5.13. The number of aromatic nitrogens is 2. The molecule has 1 aromatic heterocycles. The van der Waals surface area contributed by atoms with Crippen molar-refractivity contribution in [2.24, 2.45) is 5.92 Å². The quantitative estimate of drug-likeness (QED) is 0.613. The first kappa shape index (κ1) is 22.0. The maximum absolute atomic E-state index is 12.0. The molecular weight excluding hydrogens is 384 g/mol. The van der Waals surface area contributed by atoms with Gasteiger partial charge in [-0.3, -0.25) is 14.3 Å². The van der Waals surface area contributed by atoms with Crippen molar-refractivity contribution in [3.63, 3.8) is 0 Å². The second kappa shape index (κ2) is 11.4. The Morgan fingerprint density at radius 3 is 2.70 bits per heavy atom. The summed E-state index contributed by atoms with van der Waals surface area (Å²) in [5, 5.41) is 0. The Labute approximate surface area is 175 Å². The number of allylic oxidation sites excluding steroid dienone is 3. The Morgan fingerprint density at radius 2 is 1.93 bits per heavy atom. The molecule has 160 valence electrons. The minimum Gasteiger partial charge on any atom is -0.378 e. The van der Waals surface area contributed by atoms with Gasteiger partial charge in [-0.25, -0.2) is 4.79 Å². The lowest BCUT2D eigenvalue weighted by Gasteiger charge is -2.20. The third-order valence-corrected chi connectivity index (χ3v) is 4.76. The molecule has 1 aliphatic carbocycles. The van der Waals surface area contributed by atoms with Crippen molar-refractivity contribution < 1.29 is 14.2 Å². The van der Waals surface area contributed by atoms with E-state index in [9.17, 15) is 9.59 Å². The van der Waals surface area contributed by atoms with Crippen LogP contribution >= 0.6 is 0 Å². The summed E-state index contributed by atoms with van der Waals surface area (Å²) in [7, 11) is 0. The average molecular weight is 412 g/mol. The number of benzene rings is 1. The van der Waals surface area contributed by atoms with E-state index in [0.717, 1.165) is 12.0 Å². The van der Waals surface area contributed by atoms with Gasteiger partial charge in [-0.05, 0) is 18.9 Å². The maximum Gasteiger partial charge on any atom is 0.330 e. The van der Waals surface area contributed by atoms with Crippen molar-refractivity contribution in [1.29, 1.82) is 0 Å². The van der Waals surface area contributed by atoms with E-state index in [4.69, 9.17) is 14.2 Å². The van der Waals surface area contributed by atoms with Crippen LogP contribution in [0.2, 0.25) is 0 Å². The van der Waals surface area contributed by atoms with Crippen molar-refractivity contribution in [2.75, 3.05) is 19.8 Å². The van der Waals surface area contributed by atoms with Crippen LogP contribution in [0.3, 0.4) is 0 Å². The predicted molar refractivity (Wildman–Crippen MR) is 114 cm³/mol. The molecule has 0 spiro atoms. The summed E-state index contributed by atoms with van der Waals surface area (Å²) in [5.41, 5.74) is 0.624. The number of aromatic amines is 1. The molecule has 0 amide bonds. The number of hydrogen-bond donors (Lipinski definition) is 1. The number of nitrogens with one attached hydrogen (secondary N) is 1. The first-order valence-electron chi connectivity index (χ1n) is 10.1. The van der Waals surface area contributed by atoms with Crippen LogP contribution in [-0.4, -0.2) is 35.5 Å². The number of rotatable bonds is 11. The van der Waals surface area contributed by atoms with Crippen molar-refractivity contribution in [3.8, 4) is 0 Å². The van der Waals surface area contributed by atoms with Gasteiger partial charge in [0.05, 0.1) is 26.4 Å². The van der Waals surface area contributed by atoms with Crippen molar-refractivity contribution in [2.45, 2.75) is 32.8 Å². The van der Waals surface area contributed by atoms with E-state index in [1.165, 1.54) is 10.8 Å². The zero-order chi connectivity index (χ0) is 21.2. The van der Waals surface area contributed by atoms with E-state index >= 15 is 0 Å². The number of ether oxygens (including phenoxy) is 3. The minimum atomic E-state index is -0.505. The minimum absolute atomic E-state index is 0.00520. The monoisotopic (exact) mass is 412 g/mol. The molecule has 1 N–H and O–H groups in total. The fourth-order valence-electron chi connectivity index (χ4n) is 3.03. The lowest BCUT2D eigenvalue weighted by Crippen LogP contribution is -2.34. The summed E-state index contributed by atoms with van der Waals surface area (Å²) in [6, 6.07) is 9.89. The highest BCUT2D eigenvalue weighted by atomic mass is 16.6. The first-order chi connectivity index (χ1) is 14.6. The molecule has 7 nitrogen and oxygen atoms in total. The number of aryl methyl sites for hydroxylation is 1. The molecule has 0 radical (unpaired) electrons. The summed E-state index contributed by atoms with van der Waals surface area (Å²) < 4.78 is 18.9. The summed E-state index contributed by atoms with van der Waals surface area (Å²) in [4.78, 5) is 25.8. The van der Waals surface area contributed by atoms with E-state index in [2.05, 4.69) is 17.1 Å². The van der Waals surface area contributed by atoms with Gasteiger partial charge in [0.25, 0.3) is 5.56 Å². The molecule has 0 saturated carbocycles. The molecule has 1 heterocycles. The molecule has 2 aromatic rings. The lowest BCUT2D eigenvalue weighted by atomic mass is 10.0. The summed E-state index contributed by atoms with van der Waals surface area (Å²) in [5.74, 6) is 0.352. The van der Waals surface area contributed by atoms with Crippen molar-refractivity contribution in [3.05, 3.63) is 92.8 Å². The van der Waals surface area contributed by atoms with Crippen LogP contribution in [0.4, 0.5) is 0 Å². The van der Waals surface area contributed by atoms with Crippen LogP contribution in [0, 0.1) is 12.8 Å². The van der Waals surface area contributed by atoms with E-state index in [1.54, 1.807) is 6.92 Å². The van der Waals surface area contributed by atoms with E-state index in [1.807, 2.05) is 42.5 Å². The Morgan fingerprint density at radius 1 is 1.13 bits per heavy atom. The molecular formula is C23H28N2O5. The van der Waals surface area contributed by atoms with Gasteiger partial charge in [-0.1, -0.05) is 54.6 Å². The Kier molecular flexibility index (Phi) is 8.38. The van der Waals surface area contributed by atoms with Gasteiger partial charge in [0.1, 0.15) is 12.8 Å². The van der Waals surface area contributed by atoms with Gasteiger partial charge in [0.2, 0.25) is 0 Å². The smallest absolute Gasteiger partial charge is 0.330 e. The van der Waals surface area contributed by atoms with E-state index < -0.39 is 11.2 Å². The summed E-state index contributed by atoms with van der Waals surface area (Å²) in [6.45, 7) is 3.38. The van der Waals surface area contributed by atoms with E-state index in [-0.39, 0.29) is 12.8 Å². The highest BCUT2D eigenvalue weighted by Gasteiger charge is 2.14. The van der Waals surface area contributed by atoms with Gasteiger partial charge < -0.3 is 14.2 Å². The molecule has 1 aromatic carbocycles. The Bertz CT molecular complexity index is 962. The zero-order valence-corrected chi connectivity index (χ0v) is 17.2.